The van der Waals surface area contributed by atoms with Gasteiger partial charge in [0.15, 0.2) is 0 Å². The molecule has 2 unspecified atom stereocenters. The maximum atomic E-state index is 11.5. The summed E-state index contributed by atoms with van der Waals surface area (Å²) in [5.41, 5.74) is 5.62. The second kappa shape index (κ2) is 5.61. The van der Waals surface area contributed by atoms with Crippen LogP contribution in [0.3, 0.4) is 0 Å². The minimum Gasteiger partial charge on any atom is -0.374 e. The number of hydrogen-bond acceptors (Lipinski definition) is 4. The van der Waals surface area contributed by atoms with Crippen molar-refractivity contribution in [1.82, 2.24) is 10.2 Å². The summed E-state index contributed by atoms with van der Waals surface area (Å²) >= 11 is 0. The fourth-order valence-corrected chi connectivity index (χ4v) is 2.48. The van der Waals surface area contributed by atoms with Crippen LogP contribution in [0.1, 0.15) is 19.3 Å². The van der Waals surface area contributed by atoms with Gasteiger partial charge in [-0.3, -0.25) is 9.69 Å². The molecule has 2 aliphatic heterocycles. The Morgan fingerprint density at radius 3 is 3.25 bits per heavy atom. The molecule has 0 radical (unpaired) electrons. The number of ether oxygens (including phenoxy) is 1. The molecule has 2 rings (SSSR count). The second-order valence-corrected chi connectivity index (χ2v) is 4.57. The zero-order valence-corrected chi connectivity index (χ0v) is 9.65. The minimum atomic E-state index is 0.139. The molecule has 5 heteroatoms. The van der Waals surface area contributed by atoms with E-state index in [4.69, 9.17) is 10.5 Å². The van der Waals surface area contributed by atoms with Crippen LogP contribution in [0.25, 0.3) is 0 Å². The van der Waals surface area contributed by atoms with Crippen molar-refractivity contribution >= 4 is 5.91 Å². The van der Waals surface area contributed by atoms with E-state index in [0.717, 1.165) is 39.1 Å². The third-order valence-electron chi connectivity index (χ3n) is 3.41. The van der Waals surface area contributed by atoms with E-state index in [1.54, 1.807) is 0 Å². The highest BCUT2D eigenvalue weighted by molar-refractivity contribution is 5.76. The van der Waals surface area contributed by atoms with Crippen molar-refractivity contribution in [2.75, 3.05) is 32.8 Å². The van der Waals surface area contributed by atoms with Gasteiger partial charge >= 0.3 is 0 Å². The molecule has 3 N–H and O–H groups in total. The molecule has 2 heterocycles. The summed E-state index contributed by atoms with van der Waals surface area (Å²) < 4.78 is 5.54. The van der Waals surface area contributed by atoms with E-state index < -0.39 is 0 Å². The Morgan fingerprint density at radius 2 is 2.44 bits per heavy atom. The van der Waals surface area contributed by atoms with Crippen molar-refractivity contribution in [1.29, 1.82) is 0 Å². The van der Waals surface area contributed by atoms with Crippen molar-refractivity contribution < 1.29 is 9.53 Å². The largest absolute Gasteiger partial charge is 0.374 e. The molecule has 92 valence electrons. The van der Waals surface area contributed by atoms with Gasteiger partial charge in [-0.15, -0.1) is 0 Å². The summed E-state index contributed by atoms with van der Waals surface area (Å²) in [7, 11) is 0. The molecule has 0 bridgehead atoms. The first-order valence-corrected chi connectivity index (χ1v) is 6.12. The second-order valence-electron chi connectivity index (χ2n) is 4.57. The van der Waals surface area contributed by atoms with Gasteiger partial charge < -0.3 is 15.8 Å². The number of amides is 1. The first-order valence-electron chi connectivity index (χ1n) is 6.12. The van der Waals surface area contributed by atoms with E-state index in [1.165, 1.54) is 0 Å². The Labute approximate surface area is 96.3 Å². The lowest BCUT2D eigenvalue weighted by atomic mass is 10.1. The van der Waals surface area contributed by atoms with Crippen LogP contribution < -0.4 is 11.1 Å². The third-order valence-corrected chi connectivity index (χ3v) is 3.41. The highest BCUT2D eigenvalue weighted by atomic mass is 16.5. The Balaban J connectivity index is 1.91. The molecule has 0 aromatic heterocycles. The van der Waals surface area contributed by atoms with Crippen molar-refractivity contribution in [3.8, 4) is 0 Å². The number of hydrogen-bond donors (Lipinski definition) is 2. The van der Waals surface area contributed by atoms with Gasteiger partial charge in [0.25, 0.3) is 0 Å². The molecule has 0 spiro atoms. The van der Waals surface area contributed by atoms with Crippen LogP contribution in [-0.2, 0) is 9.53 Å². The molecule has 0 aromatic carbocycles. The molecule has 2 fully saturated rings. The van der Waals surface area contributed by atoms with Crippen molar-refractivity contribution in [3.05, 3.63) is 0 Å². The zero-order chi connectivity index (χ0) is 11.4. The predicted octanol–water partition coefficient (Wildman–Crippen LogP) is -0.685. The topological polar surface area (TPSA) is 67.6 Å². The quantitative estimate of drug-likeness (QED) is 0.655. The lowest BCUT2D eigenvalue weighted by molar-refractivity contribution is -0.122. The number of nitrogens with zero attached hydrogens (tertiary/aromatic N) is 1. The summed E-state index contributed by atoms with van der Waals surface area (Å²) in [5, 5.41) is 2.92. The fourth-order valence-electron chi connectivity index (χ4n) is 2.48. The smallest absolute Gasteiger partial charge is 0.221 e. The molecule has 2 atom stereocenters. The molecule has 5 nitrogen and oxygen atoms in total. The molecular weight excluding hydrogens is 206 g/mol. The number of carbonyl (C=O) groups excluding carboxylic acids is 1. The van der Waals surface area contributed by atoms with Crippen LogP contribution in [0.5, 0.6) is 0 Å². The van der Waals surface area contributed by atoms with E-state index in [9.17, 15) is 4.79 Å². The maximum absolute atomic E-state index is 11.5. The lowest BCUT2D eigenvalue weighted by Crippen LogP contribution is -2.50. The first-order chi connectivity index (χ1) is 7.79. The van der Waals surface area contributed by atoms with Gasteiger partial charge in [-0.2, -0.15) is 0 Å². The van der Waals surface area contributed by atoms with Crippen LogP contribution in [0, 0.1) is 0 Å². The van der Waals surface area contributed by atoms with Crippen LogP contribution in [0.4, 0.5) is 0 Å². The standard InChI is InChI=1S/C11H21N3O2/c12-7-10-8-14(4-5-16-10)9-2-1-3-13-11(15)6-9/h9-10H,1-8,12H2,(H,13,15). The van der Waals surface area contributed by atoms with Gasteiger partial charge in [0.2, 0.25) is 5.91 Å². The van der Waals surface area contributed by atoms with Gasteiger partial charge in [-0.05, 0) is 12.8 Å². The first kappa shape index (κ1) is 11.8. The van der Waals surface area contributed by atoms with Crippen LogP contribution in [0.15, 0.2) is 0 Å². The van der Waals surface area contributed by atoms with Gasteiger partial charge in [-0.25, -0.2) is 0 Å². The molecule has 2 aliphatic rings. The summed E-state index contributed by atoms with van der Waals surface area (Å²) in [6.45, 7) is 3.91. The molecule has 16 heavy (non-hydrogen) atoms. The fraction of sp³-hybridized carbons (Fsp3) is 0.909. The average Bonchev–Trinajstić information content (AvgIpc) is 2.54. The molecule has 0 aromatic rings. The van der Waals surface area contributed by atoms with Gasteiger partial charge in [0.1, 0.15) is 0 Å². The monoisotopic (exact) mass is 227 g/mol. The number of carbonyl (C=O) groups is 1. The number of morpholine rings is 1. The van der Waals surface area contributed by atoms with Gasteiger partial charge in [0.05, 0.1) is 12.7 Å². The van der Waals surface area contributed by atoms with Crippen molar-refractivity contribution in [2.24, 2.45) is 5.73 Å². The van der Waals surface area contributed by atoms with E-state index in [0.29, 0.717) is 19.0 Å². The van der Waals surface area contributed by atoms with Crippen LogP contribution in [-0.4, -0.2) is 55.7 Å². The summed E-state index contributed by atoms with van der Waals surface area (Å²) in [4.78, 5) is 13.9. The van der Waals surface area contributed by atoms with E-state index in [1.807, 2.05) is 0 Å². The highest BCUT2D eigenvalue weighted by Gasteiger charge is 2.28. The number of rotatable bonds is 2. The average molecular weight is 227 g/mol. The van der Waals surface area contributed by atoms with Gasteiger partial charge in [0, 0.05) is 38.6 Å². The molecular formula is C11H21N3O2. The summed E-state index contributed by atoms with van der Waals surface area (Å²) in [6, 6.07) is 0.375. The highest BCUT2D eigenvalue weighted by Crippen LogP contribution is 2.17. The molecule has 2 saturated heterocycles. The number of nitrogens with one attached hydrogen (secondary N) is 1. The summed E-state index contributed by atoms with van der Waals surface area (Å²) in [6.07, 6.45) is 2.93. The Bertz CT molecular complexity index is 247. The van der Waals surface area contributed by atoms with Crippen LogP contribution >= 0.6 is 0 Å². The van der Waals surface area contributed by atoms with E-state index >= 15 is 0 Å². The minimum absolute atomic E-state index is 0.139. The third kappa shape index (κ3) is 2.93. The van der Waals surface area contributed by atoms with E-state index in [-0.39, 0.29) is 12.0 Å². The predicted molar refractivity (Wildman–Crippen MR) is 61.0 cm³/mol. The van der Waals surface area contributed by atoms with Crippen molar-refractivity contribution in [3.63, 3.8) is 0 Å². The Kier molecular flexibility index (Phi) is 4.15. The molecule has 1 amide bonds. The van der Waals surface area contributed by atoms with Crippen molar-refractivity contribution in [2.45, 2.75) is 31.4 Å². The normalized spacial score (nSPS) is 33.2. The maximum Gasteiger partial charge on any atom is 0.221 e. The zero-order valence-electron chi connectivity index (χ0n) is 9.65. The van der Waals surface area contributed by atoms with Crippen LogP contribution in [0.2, 0.25) is 0 Å². The SMILES string of the molecule is NCC1CN(C2CCCNC(=O)C2)CCO1. The van der Waals surface area contributed by atoms with Gasteiger partial charge in [-0.1, -0.05) is 0 Å². The number of nitrogens with two attached hydrogens (primary N) is 1. The molecule has 0 saturated carbocycles. The Morgan fingerprint density at radius 1 is 1.56 bits per heavy atom. The molecule has 0 aliphatic carbocycles. The summed E-state index contributed by atoms with van der Waals surface area (Å²) in [5.74, 6) is 0.179. The van der Waals surface area contributed by atoms with E-state index in [2.05, 4.69) is 10.2 Å². The Hall–Kier alpha value is -0.650. The lowest BCUT2D eigenvalue weighted by Gasteiger charge is -2.37.